The average molecular weight is 658 g/mol. The number of nitrogens with one attached hydrogen (secondary N) is 1. The van der Waals surface area contributed by atoms with Gasteiger partial charge in [-0.3, -0.25) is 13.9 Å². The van der Waals surface area contributed by atoms with E-state index in [0.717, 1.165) is 22.7 Å². The molecule has 0 spiro atoms. The van der Waals surface area contributed by atoms with Crippen molar-refractivity contribution >= 4 is 27.5 Å². The van der Waals surface area contributed by atoms with Crippen LogP contribution in [0.2, 0.25) is 0 Å². The topological polar surface area (TPSA) is 133 Å². The molecule has 2 amide bonds. The first-order valence-electron chi connectivity index (χ1n) is 14.7. The molecule has 0 fully saturated rings. The van der Waals surface area contributed by atoms with Crippen LogP contribution in [0.25, 0.3) is 0 Å². The van der Waals surface area contributed by atoms with Gasteiger partial charge in [-0.15, -0.1) is 0 Å². The molecule has 3 aromatic carbocycles. The van der Waals surface area contributed by atoms with E-state index in [1.165, 1.54) is 57.6 Å². The smallest absolute Gasteiger partial charge is 0.265 e. The van der Waals surface area contributed by atoms with Gasteiger partial charge in [0.15, 0.2) is 11.5 Å². The zero-order valence-electron chi connectivity index (χ0n) is 27.4. The number of hydrogen-bond acceptors (Lipinski definition) is 9. The van der Waals surface area contributed by atoms with Crippen LogP contribution in [0.1, 0.15) is 32.3 Å². The van der Waals surface area contributed by atoms with E-state index in [-0.39, 0.29) is 34.5 Å². The number of nitrogens with zero attached hydrogens (tertiary/aromatic N) is 2. The maximum Gasteiger partial charge on any atom is 0.265 e. The summed E-state index contributed by atoms with van der Waals surface area (Å²) in [5, 5.41) is 2.87. The molecule has 12 nitrogen and oxygen atoms in total. The highest BCUT2D eigenvalue weighted by Crippen LogP contribution is 2.37. The lowest BCUT2D eigenvalue weighted by Crippen LogP contribution is -2.51. The Morgan fingerprint density at radius 2 is 1.39 bits per heavy atom. The van der Waals surface area contributed by atoms with Crippen molar-refractivity contribution in [2.45, 2.75) is 44.2 Å². The van der Waals surface area contributed by atoms with E-state index in [4.69, 9.17) is 23.7 Å². The normalized spacial score (nSPS) is 11.6. The van der Waals surface area contributed by atoms with Gasteiger partial charge >= 0.3 is 0 Å². The third kappa shape index (κ3) is 8.53. The maximum absolute atomic E-state index is 14.4. The zero-order chi connectivity index (χ0) is 33.9. The minimum Gasteiger partial charge on any atom is -0.497 e. The minimum absolute atomic E-state index is 0.0324. The molecule has 250 valence electrons. The lowest BCUT2D eigenvalue weighted by molar-refractivity contribution is -0.139. The standard InChI is InChI=1S/C33H43N3O9S/c1-8-9-18-34-33(38)23(2)35(21-24-10-12-25(41-3)13-11-24)32(37)22-36(28-19-26(42-4)14-16-29(28)43-5)46(39,40)27-15-17-30(44-6)31(20-27)45-7/h10-17,19-20,23H,8-9,18,21-22H2,1-7H3,(H,34,38). The molecule has 0 aliphatic rings. The molecule has 1 unspecified atom stereocenters. The first-order chi connectivity index (χ1) is 22.0. The van der Waals surface area contributed by atoms with Crippen molar-refractivity contribution in [2.75, 3.05) is 52.9 Å². The van der Waals surface area contributed by atoms with Crippen LogP contribution in [-0.2, 0) is 26.2 Å². The number of anilines is 1. The number of amides is 2. The summed E-state index contributed by atoms with van der Waals surface area (Å²) in [5.74, 6) is 0.692. The second-order valence-electron chi connectivity index (χ2n) is 10.3. The number of rotatable bonds is 17. The number of hydrogen-bond donors (Lipinski definition) is 1. The summed E-state index contributed by atoms with van der Waals surface area (Å²) < 4.78 is 56.6. The molecule has 3 rings (SSSR count). The fourth-order valence-corrected chi connectivity index (χ4v) is 6.09. The van der Waals surface area contributed by atoms with Crippen LogP contribution in [0.5, 0.6) is 28.7 Å². The predicted molar refractivity (Wildman–Crippen MR) is 175 cm³/mol. The highest BCUT2D eigenvalue weighted by atomic mass is 32.2. The molecule has 0 heterocycles. The number of ether oxygens (including phenoxy) is 5. The van der Waals surface area contributed by atoms with Gasteiger partial charge in [0.25, 0.3) is 10.0 Å². The lowest BCUT2D eigenvalue weighted by Gasteiger charge is -2.32. The van der Waals surface area contributed by atoms with Gasteiger partial charge in [0.2, 0.25) is 11.8 Å². The van der Waals surface area contributed by atoms with Crippen molar-refractivity contribution in [1.29, 1.82) is 0 Å². The first kappa shape index (κ1) is 35.8. The molecule has 0 saturated heterocycles. The van der Waals surface area contributed by atoms with Gasteiger partial charge in [0.1, 0.15) is 29.8 Å². The van der Waals surface area contributed by atoms with Crippen LogP contribution in [-0.4, -0.2) is 79.8 Å². The zero-order valence-corrected chi connectivity index (χ0v) is 28.2. The van der Waals surface area contributed by atoms with Gasteiger partial charge in [-0.1, -0.05) is 25.5 Å². The second kappa shape index (κ2) is 16.6. The van der Waals surface area contributed by atoms with Gasteiger partial charge in [0.05, 0.1) is 46.1 Å². The monoisotopic (exact) mass is 657 g/mol. The van der Waals surface area contributed by atoms with Gasteiger partial charge in [-0.25, -0.2) is 8.42 Å². The summed E-state index contributed by atoms with van der Waals surface area (Å²) in [4.78, 5) is 28.7. The molecular weight excluding hydrogens is 614 g/mol. The van der Waals surface area contributed by atoms with E-state index in [2.05, 4.69) is 5.32 Å². The van der Waals surface area contributed by atoms with Crippen LogP contribution in [0, 0.1) is 0 Å². The Kier molecular flexibility index (Phi) is 12.9. The van der Waals surface area contributed by atoms with Crippen LogP contribution in [0.3, 0.4) is 0 Å². The molecule has 13 heteroatoms. The van der Waals surface area contributed by atoms with E-state index in [0.29, 0.717) is 23.8 Å². The number of benzene rings is 3. The molecular formula is C33H43N3O9S. The summed E-state index contributed by atoms with van der Waals surface area (Å²) in [6.45, 7) is 3.44. The van der Waals surface area contributed by atoms with Crippen molar-refractivity contribution in [2.24, 2.45) is 0 Å². The third-order valence-corrected chi connectivity index (χ3v) is 9.14. The molecule has 0 radical (unpaired) electrons. The number of methoxy groups -OCH3 is 5. The highest BCUT2D eigenvalue weighted by molar-refractivity contribution is 7.92. The lowest BCUT2D eigenvalue weighted by atomic mass is 10.1. The minimum atomic E-state index is -4.45. The largest absolute Gasteiger partial charge is 0.497 e. The van der Waals surface area contributed by atoms with Crippen molar-refractivity contribution in [3.63, 3.8) is 0 Å². The SMILES string of the molecule is CCCCNC(=O)C(C)N(Cc1ccc(OC)cc1)C(=O)CN(c1cc(OC)ccc1OC)S(=O)(=O)c1ccc(OC)c(OC)c1. The molecule has 1 atom stereocenters. The second-order valence-corrected chi connectivity index (χ2v) is 12.1. The number of carbonyl (C=O) groups is 2. The Morgan fingerprint density at radius 3 is 1.98 bits per heavy atom. The first-order valence-corrected chi connectivity index (χ1v) is 16.1. The Bertz CT molecular complexity index is 1580. The van der Waals surface area contributed by atoms with Crippen LogP contribution >= 0.6 is 0 Å². The van der Waals surface area contributed by atoms with E-state index < -0.39 is 28.5 Å². The highest BCUT2D eigenvalue weighted by Gasteiger charge is 2.34. The van der Waals surface area contributed by atoms with E-state index >= 15 is 0 Å². The maximum atomic E-state index is 14.4. The van der Waals surface area contributed by atoms with Crippen LogP contribution in [0.4, 0.5) is 5.69 Å². The summed E-state index contributed by atoms with van der Waals surface area (Å²) >= 11 is 0. The number of carbonyl (C=O) groups excluding carboxylic acids is 2. The van der Waals surface area contributed by atoms with Gasteiger partial charge in [0, 0.05) is 25.2 Å². The summed E-state index contributed by atoms with van der Waals surface area (Å²) in [5.41, 5.74) is 0.782. The molecule has 0 aliphatic heterocycles. The Morgan fingerprint density at radius 1 is 0.783 bits per heavy atom. The fourth-order valence-electron chi connectivity index (χ4n) is 4.66. The van der Waals surface area contributed by atoms with Crippen LogP contribution in [0.15, 0.2) is 65.6 Å². The Balaban J connectivity index is 2.14. The summed E-state index contributed by atoms with van der Waals surface area (Å²) in [7, 11) is 2.78. The molecule has 0 aromatic heterocycles. The molecule has 0 bridgehead atoms. The Hall–Kier alpha value is -4.65. The van der Waals surface area contributed by atoms with Crippen LogP contribution < -0.4 is 33.3 Å². The number of unbranched alkanes of at least 4 members (excludes halogenated alkanes) is 1. The third-order valence-electron chi connectivity index (χ3n) is 7.39. The van der Waals surface area contributed by atoms with Gasteiger partial charge in [-0.05, 0) is 55.3 Å². The Labute approximate surface area is 271 Å². The molecule has 46 heavy (non-hydrogen) atoms. The molecule has 0 saturated carbocycles. The van der Waals surface area contributed by atoms with E-state index in [1.807, 2.05) is 6.92 Å². The molecule has 3 aromatic rings. The quantitative estimate of drug-likeness (QED) is 0.212. The van der Waals surface area contributed by atoms with E-state index in [9.17, 15) is 18.0 Å². The van der Waals surface area contributed by atoms with Gasteiger partial charge in [-0.2, -0.15) is 0 Å². The van der Waals surface area contributed by atoms with Gasteiger partial charge < -0.3 is 33.9 Å². The number of sulfonamides is 1. The van der Waals surface area contributed by atoms with Crippen molar-refractivity contribution < 1.29 is 41.7 Å². The fraction of sp³-hybridized carbons (Fsp3) is 0.394. The van der Waals surface area contributed by atoms with Crippen molar-refractivity contribution in [3.8, 4) is 28.7 Å². The van der Waals surface area contributed by atoms with Crippen molar-refractivity contribution in [1.82, 2.24) is 10.2 Å². The average Bonchev–Trinajstić information content (AvgIpc) is 3.08. The van der Waals surface area contributed by atoms with E-state index in [1.54, 1.807) is 50.4 Å². The summed E-state index contributed by atoms with van der Waals surface area (Å²) in [6, 6.07) is 14.9. The molecule has 0 aliphatic carbocycles. The molecule has 1 N–H and O–H groups in total. The van der Waals surface area contributed by atoms with Crippen molar-refractivity contribution in [3.05, 3.63) is 66.2 Å². The summed E-state index contributed by atoms with van der Waals surface area (Å²) in [6.07, 6.45) is 1.66. The predicted octanol–water partition coefficient (Wildman–Crippen LogP) is 4.26.